The number of ether oxygens (including phenoxy) is 1. The normalized spacial score (nSPS) is 10.1. The van der Waals surface area contributed by atoms with Gasteiger partial charge < -0.3 is 15.8 Å². The number of anilines is 2. The van der Waals surface area contributed by atoms with E-state index in [0.29, 0.717) is 17.2 Å². The van der Waals surface area contributed by atoms with Crippen LogP contribution in [0, 0.1) is 0 Å². The Hall–Kier alpha value is -2.14. The molecule has 0 aliphatic rings. The monoisotopic (exact) mass is 288 g/mol. The Kier molecular flexibility index (Phi) is 4.90. The zero-order valence-corrected chi connectivity index (χ0v) is 11.9. The molecule has 0 aliphatic carbocycles. The molecular formula is C15H16N2O2S. The predicted molar refractivity (Wildman–Crippen MR) is 83.2 cm³/mol. The van der Waals surface area contributed by atoms with Crippen molar-refractivity contribution < 1.29 is 9.53 Å². The predicted octanol–water partition coefficient (Wildman–Crippen LogP) is 3.01. The number of carbonyl (C=O) groups excluding carboxylic acids is 1. The molecule has 0 atom stereocenters. The van der Waals surface area contributed by atoms with Crippen LogP contribution >= 0.6 is 11.8 Å². The molecule has 2 aromatic carbocycles. The number of thioether (sulfide) groups is 1. The van der Waals surface area contributed by atoms with Gasteiger partial charge in [0.15, 0.2) is 0 Å². The molecule has 0 aliphatic heterocycles. The van der Waals surface area contributed by atoms with Gasteiger partial charge in [-0.15, -0.1) is 11.8 Å². The molecular weight excluding hydrogens is 272 g/mol. The molecule has 3 N–H and O–H groups in total. The van der Waals surface area contributed by atoms with Crippen LogP contribution in [0.3, 0.4) is 0 Å². The minimum Gasteiger partial charge on any atom is -0.497 e. The van der Waals surface area contributed by atoms with E-state index in [9.17, 15) is 4.79 Å². The zero-order valence-electron chi connectivity index (χ0n) is 11.1. The van der Waals surface area contributed by atoms with Gasteiger partial charge in [-0.2, -0.15) is 0 Å². The van der Waals surface area contributed by atoms with Crippen LogP contribution in [0.5, 0.6) is 5.75 Å². The van der Waals surface area contributed by atoms with Crippen LogP contribution in [-0.2, 0) is 4.79 Å². The standard InChI is InChI=1S/C15H16N2O2S/c1-19-13-6-3-5-12(9-13)17-15(18)10-20-14-7-2-4-11(16)8-14/h2-9H,10,16H2,1H3,(H,17,18). The molecule has 20 heavy (non-hydrogen) atoms. The van der Waals surface area contributed by atoms with Crippen molar-refractivity contribution in [2.75, 3.05) is 23.9 Å². The first-order valence-electron chi connectivity index (χ1n) is 6.09. The molecule has 2 rings (SSSR count). The summed E-state index contributed by atoms with van der Waals surface area (Å²) in [6, 6.07) is 14.7. The lowest BCUT2D eigenvalue weighted by Gasteiger charge is -2.07. The third kappa shape index (κ3) is 4.20. The fraction of sp³-hybridized carbons (Fsp3) is 0.133. The molecule has 0 bridgehead atoms. The molecule has 0 saturated carbocycles. The van der Waals surface area contributed by atoms with Crippen molar-refractivity contribution >= 4 is 29.0 Å². The van der Waals surface area contributed by atoms with Crippen LogP contribution in [0.2, 0.25) is 0 Å². The topological polar surface area (TPSA) is 64.3 Å². The van der Waals surface area contributed by atoms with E-state index in [0.717, 1.165) is 10.6 Å². The maximum atomic E-state index is 11.9. The molecule has 4 nitrogen and oxygen atoms in total. The molecule has 0 radical (unpaired) electrons. The number of rotatable bonds is 5. The quantitative estimate of drug-likeness (QED) is 0.655. The summed E-state index contributed by atoms with van der Waals surface area (Å²) in [6.45, 7) is 0. The third-order valence-electron chi connectivity index (χ3n) is 2.58. The Bertz CT molecular complexity index is 602. The first kappa shape index (κ1) is 14.3. The number of benzene rings is 2. The molecule has 2 aromatic rings. The summed E-state index contributed by atoms with van der Waals surface area (Å²) in [5, 5.41) is 2.83. The highest BCUT2D eigenvalue weighted by molar-refractivity contribution is 8.00. The maximum absolute atomic E-state index is 11.9. The van der Waals surface area contributed by atoms with Gasteiger partial charge in [0.1, 0.15) is 5.75 Å². The summed E-state index contributed by atoms with van der Waals surface area (Å²) in [6.07, 6.45) is 0. The number of nitrogen functional groups attached to an aromatic ring is 1. The van der Waals surface area contributed by atoms with Gasteiger partial charge >= 0.3 is 0 Å². The minimum atomic E-state index is -0.0642. The Balaban J connectivity index is 1.89. The van der Waals surface area contributed by atoms with Crippen molar-refractivity contribution in [1.29, 1.82) is 0 Å². The average Bonchev–Trinajstić information content (AvgIpc) is 2.45. The highest BCUT2D eigenvalue weighted by atomic mass is 32.2. The summed E-state index contributed by atoms with van der Waals surface area (Å²) < 4.78 is 5.11. The van der Waals surface area contributed by atoms with Crippen LogP contribution in [0.1, 0.15) is 0 Å². The molecule has 0 heterocycles. The van der Waals surface area contributed by atoms with Crippen molar-refractivity contribution in [3.8, 4) is 5.75 Å². The fourth-order valence-corrected chi connectivity index (χ4v) is 2.42. The second-order valence-electron chi connectivity index (χ2n) is 4.14. The van der Waals surface area contributed by atoms with Gasteiger partial charge in [-0.1, -0.05) is 12.1 Å². The summed E-state index contributed by atoms with van der Waals surface area (Å²) >= 11 is 1.45. The molecule has 0 spiro atoms. The first-order chi connectivity index (χ1) is 9.67. The van der Waals surface area contributed by atoms with Crippen LogP contribution in [-0.4, -0.2) is 18.8 Å². The Morgan fingerprint density at radius 2 is 2.05 bits per heavy atom. The van der Waals surface area contributed by atoms with E-state index < -0.39 is 0 Å². The van der Waals surface area contributed by atoms with Gasteiger partial charge in [0.05, 0.1) is 12.9 Å². The van der Waals surface area contributed by atoms with E-state index in [1.54, 1.807) is 13.2 Å². The highest BCUT2D eigenvalue weighted by Crippen LogP contribution is 2.21. The molecule has 0 saturated heterocycles. The number of nitrogens with one attached hydrogen (secondary N) is 1. The van der Waals surface area contributed by atoms with Gasteiger partial charge in [-0.25, -0.2) is 0 Å². The first-order valence-corrected chi connectivity index (χ1v) is 7.08. The fourth-order valence-electron chi connectivity index (χ4n) is 1.65. The van der Waals surface area contributed by atoms with Gasteiger partial charge in [0, 0.05) is 22.3 Å². The highest BCUT2D eigenvalue weighted by Gasteiger charge is 2.04. The minimum absolute atomic E-state index is 0.0642. The number of methoxy groups -OCH3 is 1. The summed E-state index contributed by atoms with van der Waals surface area (Å²) in [4.78, 5) is 12.8. The molecule has 5 heteroatoms. The lowest BCUT2D eigenvalue weighted by Crippen LogP contribution is -2.13. The van der Waals surface area contributed by atoms with E-state index >= 15 is 0 Å². The third-order valence-corrected chi connectivity index (χ3v) is 3.58. The zero-order chi connectivity index (χ0) is 14.4. The largest absolute Gasteiger partial charge is 0.497 e. The number of amides is 1. The van der Waals surface area contributed by atoms with Crippen LogP contribution in [0.25, 0.3) is 0 Å². The van der Waals surface area contributed by atoms with Crippen molar-refractivity contribution in [2.45, 2.75) is 4.90 Å². The van der Waals surface area contributed by atoms with Crippen molar-refractivity contribution in [3.05, 3.63) is 48.5 Å². The summed E-state index contributed by atoms with van der Waals surface area (Å²) in [5.41, 5.74) is 7.11. The van der Waals surface area contributed by atoms with E-state index in [-0.39, 0.29) is 5.91 Å². The Morgan fingerprint density at radius 1 is 1.25 bits per heavy atom. The van der Waals surface area contributed by atoms with Gasteiger partial charge in [0.2, 0.25) is 5.91 Å². The Labute approximate surface area is 122 Å². The van der Waals surface area contributed by atoms with Crippen LogP contribution < -0.4 is 15.8 Å². The van der Waals surface area contributed by atoms with Crippen molar-refractivity contribution in [3.63, 3.8) is 0 Å². The molecule has 1 amide bonds. The number of hydrogen-bond donors (Lipinski definition) is 2. The second-order valence-corrected chi connectivity index (χ2v) is 5.19. The van der Waals surface area contributed by atoms with Gasteiger partial charge in [0.25, 0.3) is 0 Å². The SMILES string of the molecule is COc1cccc(NC(=O)CSc2cccc(N)c2)c1. The number of carbonyl (C=O) groups is 1. The summed E-state index contributed by atoms with van der Waals surface area (Å²) in [7, 11) is 1.59. The maximum Gasteiger partial charge on any atom is 0.234 e. The van der Waals surface area contributed by atoms with Crippen molar-refractivity contribution in [2.24, 2.45) is 0 Å². The summed E-state index contributed by atoms with van der Waals surface area (Å²) in [5.74, 6) is 0.984. The molecule has 0 unspecified atom stereocenters. The molecule has 0 fully saturated rings. The van der Waals surface area contributed by atoms with Crippen LogP contribution in [0.4, 0.5) is 11.4 Å². The second kappa shape index (κ2) is 6.86. The lowest BCUT2D eigenvalue weighted by atomic mass is 10.3. The van der Waals surface area contributed by atoms with Gasteiger partial charge in [-0.05, 0) is 30.3 Å². The van der Waals surface area contributed by atoms with E-state index in [1.807, 2.05) is 42.5 Å². The smallest absolute Gasteiger partial charge is 0.234 e. The Morgan fingerprint density at radius 3 is 2.80 bits per heavy atom. The van der Waals surface area contributed by atoms with Crippen LogP contribution in [0.15, 0.2) is 53.4 Å². The van der Waals surface area contributed by atoms with Gasteiger partial charge in [-0.3, -0.25) is 4.79 Å². The average molecular weight is 288 g/mol. The molecule has 0 aromatic heterocycles. The number of hydrogen-bond acceptors (Lipinski definition) is 4. The molecule has 104 valence electrons. The lowest BCUT2D eigenvalue weighted by molar-refractivity contribution is -0.113. The van der Waals surface area contributed by atoms with E-state index in [1.165, 1.54) is 11.8 Å². The van der Waals surface area contributed by atoms with E-state index in [4.69, 9.17) is 10.5 Å². The van der Waals surface area contributed by atoms with E-state index in [2.05, 4.69) is 5.32 Å². The van der Waals surface area contributed by atoms with Crippen molar-refractivity contribution in [1.82, 2.24) is 0 Å². The number of nitrogens with two attached hydrogens (primary N) is 1.